The van der Waals surface area contributed by atoms with Gasteiger partial charge >= 0.3 is 5.97 Å². The molecule has 0 amide bonds. The third-order valence-corrected chi connectivity index (χ3v) is 3.70. The molecule has 1 unspecified atom stereocenters. The molecule has 1 aromatic rings. The minimum Gasteiger partial charge on any atom is -0.465 e. The van der Waals surface area contributed by atoms with Gasteiger partial charge in [0.1, 0.15) is 17.0 Å². The second kappa shape index (κ2) is 4.69. The molecule has 18 heavy (non-hydrogen) atoms. The summed E-state index contributed by atoms with van der Waals surface area (Å²) in [5.74, 6) is -1.26. The number of hydrogen-bond acceptors (Lipinski definition) is 3. The fourth-order valence-electron chi connectivity index (χ4n) is 2.17. The predicted molar refractivity (Wildman–Crippen MR) is 63.8 cm³/mol. The second-order valence-electron chi connectivity index (χ2n) is 4.44. The highest BCUT2D eigenvalue weighted by atomic mass is 35.5. The molecule has 0 bridgehead atoms. The Morgan fingerprint density at radius 1 is 1.56 bits per heavy atom. The summed E-state index contributed by atoms with van der Waals surface area (Å²) in [6.45, 7) is 1.56. The van der Waals surface area contributed by atoms with Crippen molar-refractivity contribution in [3.63, 3.8) is 0 Å². The van der Waals surface area contributed by atoms with E-state index in [4.69, 9.17) is 16.3 Å². The summed E-state index contributed by atoms with van der Waals surface area (Å²) in [5.41, 5.74) is -0.761. The van der Waals surface area contributed by atoms with Crippen molar-refractivity contribution >= 4 is 23.4 Å². The normalized spacial score (nSPS) is 22.9. The molecule has 2 rings (SSSR count). The van der Waals surface area contributed by atoms with Crippen molar-refractivity contribution in [2.45, 2.75) is 19.8 Å². The van der Waals surface area contributed by atoms with Gasteiger partial charge in [0.25, 0.3) is 0 Å². The van der Waals surface area contributed by atoms with Gasteiger partial charge in [-0.2, -0.15) is 0 Å². The van der Waals surface area contributed by atoms with Gasteiger partial charge < -0.3 is 4.74 Å². The summed E-state index contributed by atoms with van der Waals surface area (Å²) in [6.07, 6.45) is 0.395. The smallest absolute Gasteiger partial charge is 0.320 e. The first-order valence-corrected chi connectivity index (χ1v) is 5.96. The van der Waals surface area contributed by atoms with Gasteiger partial charge in [-0.3, -0.25) is 9.59 Å². The average Bonchev–Trinajstić information content (AvgIpc) is 2.67. The standard InChI is InChI=1S/C13H12ClFO3/c1-8(16)13(4-5-18-12(13)17)7-9-6-10(15)2-3-11(9)14/h2-3,6H,4-5,7H2,1H3. The molecule has 96 valence electrons. The van der Waals surface area contributed by atoms with Crippen molar-refractivity contribution in [2.24, 2.45) is 5.41 Å². The molecule has 1 heterocycles. The average molecular weight is 271 g/mol. The first-order chi connectivity index (χ1) is 8.45. The minimum absolute atomic E-state index is 0.0811. The molecular formula is C13H12ClFO3. The Bertz CT molecular complexity index is 515. The van der Waals surface area contributed by atoms with Crippen LogP contribution in [0, 0.1) is 11.2 Å². The van der Waals surface area contributed by atoms with E-state index in [0.29, 0.717) is 17.0 Å². The molecule has 1 saturated heterocycles. The number of benzene rings is 1. The van der Waals surface area contributed by atoms with Crippen molar-refractivity contribution in [3.8, 4) is 0 Å². The highest BCUT2D eigenvalue weighted by Gasteiger charge is 2.49. The van der Waals surface area contributed by atoms with E-state index in [1.165, 1.54) is 25.1 Å². The zero-order valence-corrected chi connectivity index (χ0v) is 10.6. The molecule has 1 aromatic carbocycles. The lowest BCUT2D eigenvalue weighted by Gasteiger charge is -2.21. The van der Waals surface area contributed by atoms with Gasteiger partial charge in [-0.25, -0.2) is 4.39 Å². The lowest BCUT2D eigenvalue weighted by atomic mass is 9.77. The van der Waals surface area contributed by atoms with Crippen LogP contribution in [0.15, 0.2) is 18.2 Å². The monoisotopic (exact) mass is 270 g/mol. The highest BCUT2D eigenvalue weighted by molar-refractivity contribution is 6.31. The summed E-state index contributed by atoms with van der Waals surface area (Å²) in [7, 11) is 0. The molecule has 0 saturated carbocycles. The molecule has 0 radical (unpaired) electrons. The van der Waals surface area contributed by atoms with E-state index in [2.05, 4.69) is 0 Å². The Labute approximate surface area is 109 Å². The van der Waals surface area contributed by atoms with Gasteiger partial charge in [0.2, 0.25) is 0 Å². The summed E-state index contributed by atoms with van der Waals surface area (Å²) < 4.78 is 18.1. The Kier molecular flexibility index (Phi) is 3.39. The van der Waals surface area contributed by atoms with Crippen LogP contribution in [0.4, 0.5) is 4.39 Å². The third-order valence-electron chi connectivity index (χ3n) is 3.33. The van der Waals surface area contributed by atoms with Gasteiger partial charge in [-0.15, -0.1) is 0 Å². The van der Waals surface area contributed by atoms with Crippen LogP contribution in [-0.4, -0.2) is 18.4 Å². The lowest BCUT2D eigenvalue weighted by molar-refractivity contribution is -0.150. The van der Waals surface area contributed by atoms with E-state index in [9.17, 15) is 14.0 Å². The predicted octanol–water partition coefficient (Wildman–Crippen LogP) is 2.54. The summed E-state index contributed by atoms with van der Waals surface area (Å²) in [4.78, 5) is 23.5. The van der Waals surface area contributed by atoms with E-state index in [-0.39, 0.29) is 18.8 Å². The molecule has 1 aliphatic rings. The van der Waals surface area contributed by atoms with Gasteiger partial charge in [-0.05, 0) is 37.1 Å². The fraction of sp³-hybridized carbons (Fsp3) is 0.385. The van der Waals surface area contributed by atoms with E-state index < -0.39 is 17.2 Å². The lowest BCUT2D eigenvalue weighted by Crippen LogP contribution is -2.36. The fourth-order valence-corrected chi connectivity index (χ4v) is 2.35. The maximum absolute atomic E-state index is 13.2. The van der Waals surface area contributed by atoms with Crippen molar-refractivity contribution in [1.29, 1.82) is 0 Å². The van der Waals surface area contributed by atoms with Crippen molar-refractivity contribution in [3.05, 3.63) is 34.6 Å². The molecule has 1 aliphatic heterocycles. The van der Waals surface area contributed by atoms with Crippen LogP contribution < -0.4 is 0 Å². The van der Waals surface area contributed by atoms with Crippen LogP contribution in [0.1, 0.15) is 18.9 Å². The van der Waals surface area contributed by atoms with Gasteiger partial charge in [0.05, 0.1) is 6.61 Å². The maximum Gasteiger partial charge on any atom is 0.320 e. The number of cyclic esters (lactones) is 1. The summed E-state index contributed by atoms with van der Waals surface area (Å²) in [6, 6.07) is 3.90. The Morgan fingerprint density at radius 2 is 2.28 bits per heavy atom. The van der Waals surface area contributed by atoms with E-state index in [1.54, 1.807) is 0 Å². The van der Waals surface area contributed by atoms with Crippen molar-refractivity contribution in [2.75, 3.05) is 6.61 Å². The molecule has 0 aromatic heterocycles. The quantitative estimate of drug-likeness (QED) is 0.626. The maximum atomic E-state index is 13.2. The van der Waals surface area contributed by atoms with Crippen molar-refractivity contribution in [1.82, 2.24) is 0 Å². The van der Waals surface area contributed by atoms with Crippen LogP contribution in [0.25, 0.3) is 0 Å². The van der Waals surface area contributed by atoms with Crippen LogP contribution in [0.5, 0.6) is 0 Å². The van der Waals surface area contributed by atoms with Gasteiger partial charge in [-0.1, -0.05) is 11.6 Å². The number of carbonyl (C=O) groups is 2. The Morgan fingerprint density at radius 3 is 2.83 bits per heavy atom. The topological polar surface area (TPSA) is 43.4 Å². The van der Waals surface area contributed by atoms with Gasteiger partial charge in [0, 0.05) is 11.4 Å². The van der Waals surface area contributed by atoms with E-state index >= 15 is 0 Å². The number of carbonyl (C=O) groups excluding carboxylic acids is 2. The molecule has 0 spiro atoms. The first-order valence-electron chi connectivity index (χ1n) is 5.58. The van der Waals surface area contributed by atoms with Crippen molar-refractivity contribution < 1.29 is 18.7 Å². The SMILES string of the molecule is CC(=O)C1(Cc2cc(F)ccc2Cl)CCOC1=O. The van der Waals surface area contributed by atoms with Crippen LogP contribution in [0.2, 0.25) is 5.02 Å². The zero-order chi connectivity index (χ0) is 13.3. The molecule has 0 aliphatic carbocycles. The van der Waals surface area contributed by atoms with Crippen LogP contribution >= 0.6 is 11.6 Å². The van der Waals surface area contributed by atoms with Crippen LogP contribution in [0.3, 0.4) is 0 Å². The number of ketones is 1. The third kappa shape index (κ3) is 2.12. The molecule has 1 fully saturated rings. The zero-order valence-electron chi connectivity index (χ0n) is 9.83. The number of Topliss-reactive ketones (excluding diaryl/α,β-unsaturated/α-hetero) is 1. The number of hydrogen-bond donors (Lipinski definition) is 0. The largest absolute Gasteiger partial charge is 0.465 e. The van der Waals surface area contributed by atoms with E-state index in [1.807, 2.05) is 0 Å². The molecule has 3 nitrogen and oxygen atoms in total. The van der Waals surface area contributed by atoms with E-state index in [0.717, 1.165) is 0 Å². The first kappa shape index (κ1) is 13.0. The molecular weight excluding hydrogens is 259 g/mol. The molecule has 5 heteroatoms. The van der Waals surface area contributed by atoms with Crippen LogP contribution in [-0.2, 0) is 20.7 Å². The summed E-state index contributed by atoms with van der Waals surface area (Å²) in [5, 5.41) is 0.344. The molecule has 1 atom stereocenters. The minimum atomic E-state index is -1.21. The number of ether oxygens (including phenoxy) is 1. The second-order valence-corrected chi connectivity index (χ2v) is 4.84. The number of halogens is 2. The summed E-state index contributed by atoms with van der Waals surface area (Å²) >= 11 is 5.96. The van der Waals surface area contributed by atoms with Gasteiger partial charge in [0.15, 0.2) is 0 Å². The number of rotatable bonds is 3. The molecule has 0 N–H and O–H groups in total. The number of esters is 1. The highest BCUT2D eigenvalue weighted by Crippen LogP contribution is 2.36. The Hall–Kier alpha value is -1.42. The Balaban J connectivity index is 2.38.